The second-order valence-corrected chi connectivity index (χ2v) is 4.35. The van der Waals surface area contributed by atoms with Crippen molar-refractivity contribution in [3.8, 4) is 6.07 Å². The molecule has 0 bridgehead atoms. The third-order valence-electron chi connectivity index (χ3n) is 3.23. The molecule has 1 aliphatic rings. The summed E-state index contributed by atoms with van der Waals surface area (Å²) in [5, 5.41) is 12.2. The molecule has 0 aromatic heterocycles. The average Bonchev–Trinajstić information content (AvgIpc) is 2.71. The molecule has 2 nitrogen and oxygen atoms in total. The molecule has 0 spiro atoms. The van der Waals surface area contributed by atoms with Crippen LogP contribution < -0.4 is 5.32 Å². The van der Waals surface area contributed by atoms with Crippen molar-refractivity contribution in [1.82, 2.24) is 0 Å². The topological polar surface area (TPSA) is 35.8 Å². The zero-order chi connectivity index (χ0) is 11.5. The molecule has 2 unspecified atom stereocenters. The summed E-state index contributed by atoms with van der Waals surface area (Å²) in [5.74, 6) is -0.220. The largest absolute Gasteiger partial charge is 0.378 e. The predicted octanol–water partition coefficient (Wildman–Crippen LogP) is 3.24. The first-order valence-corrected chi connectivity index (χ1v) is 5.63. The number of nitrogens with zero attached hydrogens (tertiary/aromatic N) is 1. The molecule has 0 amide bonds. The summed E-state index contributed by atoms with van der Waals surface area (Å²) in [7, 11) is 0. The minimum Gasteiger partial charge on any atom is -0.378 e. The van der Waals surface area contributed by atoms with Gasteiger partial charge < -0.3 is 5.32 Å². The van der Waals surface area contributed by atoms with Crippen LogP contribution in [0.25, 0.3) is 0 Å². The number of anilines is 1. The van der Waals surface area contributed by atoms with Gasteiger partial charge >= 0.3 is 0 Å². The minimum atomic E-state index is -0.233. The lowest BCUT2D eigenvalue weighted by Gasteiger charge is -2.19. The van der Waals surface area contributed by atoms with Crippen LogP contribution in [0.3, 0.4) is 0 Å². The van der Waals surface area contributed by atoms with Crippen LogP contribution in [0, 0.1) is 30.0 Å². The summed E-state index contributed by atoms with van der Waals surface area (Å²) in [6.45, 7) is 1.88. The van der Waals surface area contributed by atoms with Crippen molar-refractivity contribution in [3.05, 3.63) is 29.6 Å². The van der Waals surface area contributed by atoms with E-state index in [1.165, 1.54) is 6.07 Å². The van der Waals surface area contributed by atoms with Gasteiger partial charge in [-0.15, -0.1) is 0 Å². The van der Waals surface area contributed by atoms with Crippen molar-refractivity contribution < 1.29 is 4.39 Å². The van der Waals surface area contributed by atoms with Crippen LogP contribution in [-0.2, 0) is 0 Å². The maximum atomic E-state index is 13.6. The Balaban J connectivity index is 2.18. The smallest absolute Gasteiger partial charge is 0.146 e. The number of rotatable bonds is 2. The van der Waals surface area contributed by atoms with Gasteiger partial charge in [-0.2, -0.15) is 5.26 Å². The predicted molar refractivity (Wildman–Crippen MR) is 61.5 cm³/mol. The Morgan fingerprint density at radius 2 is 2.25 bits per heavy atom. The number of hydrogen-bond acceptors (Lipinski definition) is 2. The van der Waals surface area contributed by atoms with E-state index < -0.39 is 0 Å². The molecule has 1 aromatic carbocycles. The van der Waals surface area contributed by atoms with Crippen LogP contribution in [0.1, 0.15) is 24.8 Å². The Morgan fingerprint density at radius 3 is 2.94 bits per heavy atom. The molecule has 1 aliphatic carbocycles. The van der Waals surface area contributed by atoms with Gasteiger partial charge in [-0.1, -0.05) is 12.1 Å². The standard InChI is InChI=1S/C13H15FN2/c1-9-4-2-6-11(14)13(9)16-12-7-3-5-10(12)8-15/h2,4,6,10,12,16H,3,5,7H2,1H3. The molecule has 1 fully saturated rings. The Hall–Kier alpha value is -1.56. The van der Waals surface area contributed by atoms with E-state index in [1.807, 2.05) is 13.0 Å². The number of nitriles is 1. The SMILES string of the molecule is Cc1cccc(F)c1NC1CCCC1C#N. The van der Waals surface area contributed by atoms with Gasteiger partial charge in [0.1, 0.15) is 5.82 Å². The monoisotopic (exact) mass is 218 g/mol. The van der Waals surface area contributed by atoms with E-state index in [0.29, 0.717) is 5.69 Å². The van der Waals surface area contributed by atoms with Crippen LogP contribution in [0.15, 0.2) is 18.2 Å². The zero-order valence-electron chi connectivity index (χ0n) is 9.33. The lowest BCUT2D eigenvalue weighted by molar-refractivity contribution is 0.601. The zero-order valence-corrected chi connectivity index (χ0v) is 9.33. The second kappa shape index (κ2) is 4.52. The summed E-state index contributed by atoms with van der Waals surface area (Å²) in [4.78, 5) is 0. The highest BCUT2D eigenvalue weighted by Crippen LogP contribution is 2.30. The molecule has 1 N–H and O–H groups in total. The summed E-state index contributed by atoms with van der Waals surface area (Å²) >= 11 is 0. The Morgan fingerprint density at radius 1 is 1.44 bits per heavy atom. The summed E-state index contributed by atoms with van der Waals surface area (Å²) in [6, 6.07) is 7.41. The van der Waals surface area contributed by atoms with Gasteiger partial charge in [0.15, 0.2) is 0 Å². The lowest BCUT2D eigenvalue weighted by Crippen LogP contribution is -2.23. The van der Waals surface area contributed by atoms with E-state index >= 15 is 0 Å². The molecule has 0 heterocycles. The minimum absolute atomic E-state index is 0.0130. The van der Waals surface area contributed by atoms with Crippen LogP contribution in [0.4, 0.5) is 10.1 Å². The molecule has 16 heavy (non-hydrogen) atoms. The Labute approximate surface area is 95.1 Å². The molecule has 3 heteroatoms. The molecule has 1 aromatic rings. The molecule has 0 saturated heterocycles. The van der Waals surface area contributed by atoms with Gasteiger partial charge in [0.25, 0.3) is 0 Å². The van der Waals surface area contributed by atoms with Crippen LogP contribution in [0.2, 0.25) is 0 Å². The molecule has 84 valence electrons. The summed E-state index contributed by atoms with van der Waals surface area (Å²) < 4.78 is 13.6. The van der Waals surface area contributed by atoms with Crippen LogP contribution >= 0.6 is 0 Å². The summed E-state index contributed by atoms with van der Waals surface area (Å²) in [5.41, 5.74) is 1.44. The van der Waals surface area contributed by atoms with E-state index in [9.17, 15) is 4.39 Å². The molecular formula is C13H15FN2. The van der Waals surface area contributed by atoms with Crippen LogP contribution in [-0.4, -0.2) is 6.04 Å². The number of hydrogen-bond donors (Lipinski definition) is 1. The Bertz CT molecular complexity index is 402. The highest BCUT2D eigenvalue weighted by atomic mass is 19.1. The fourth-order valence-electron chi connectivity index (χ4n) is 2.29. The molecule has 2 atom stereocenters. The van der Waals surface area contributed by atoms with Crippen molar-refractivity contribution in [2.24, 2.45) is 5.92 Å². The molecule has 2 rings (SSSR count). The van der Waals surface area contributed by atoms with E-state index in [4.69, 9.17) is 5.26 Å². The van der Waals surface area contributed by atoms with Crippen molar-refractivity contribution >= 4 is 5.69 Å². The third-order valence-corrected chi connectivity index (χ3v) is 3.23. The number of aryl methyl sites for hydroxylation is 1. The molecular weight excluding hydrogens is 203 g/mol. The number of nitrogens with one attached hydrogen (secondary N) is 1. The maximum absolute atomic E-state index is 13.6. The van der Waals surface area contributed by atoms with Gasteiger partial charge in [0.05, 0.1) is 17.7 Å². The van der Waals surface area contributed by atoms with E-state index in [0.717, 1.165) is 24.8 Å². The highest BCUT2D eigenvalue weighted by Gasteiger charge is 2.27. The van der Waals surface area contributed by atoms with Crippen molar-refractivity contribution in [1.29, 1.82) is 5.26 Å². The van der Waals surface area contributed by atoms with Crippen molar-refractivity contribution in [3.63, 3.8) is 0 Å². The molecule has 0 aliphatic heterocycles. The van der Waals surface area contributed by atoms with Crippen molar-refractivity contribution in [2.75, 3.05) is 5.32 Å². The van der Waals surface area contributed by atoms with Crippen LogP contribution in [0.5, 0.6) is 0 Å². The first-order valence-electron chi connectivity index (χ1n) is 5.63. The third kappa shape index (κ3) is 2.01. The maximum Gasteiger partial charge on any atom is 0.146 e. The number of halogens is 1. The molecule has 0 radical (unpaired) electrons. The van der Waals surface area contributed by atoms with Gasteiger partial charge in [-0.05, 0) is 37.8 Å². The first kappa shape index (κ1) is 10.9. The highest BCUT2D eigenvalue weighted by molar-refractivity contribution is 5.52. The lowest BCUT2D eigenvalue weighted by atomic mass is 10.0. The quantitative estimate of drug-likeness (QED) is 0.827. The van der Waals surface area contributed by atoms with E-state index in [-0.39, 0.29) is 17.8 Å². The van der Waals surface area contributed by atoms with E-state index in [2.05, 4.69) is 11.4 Å². The fourth-order valence-corrected chi connectivity index (χ4v) is 2.29. The van der Waals surface area contributed by atoms with Gasteiger partial charge in [-0.3, -0.25) is 0 Å². The van der Waals surface area contributed by atoms with Gasteiger partial charge in [0.2, 0.25) is 0 Å². The normalized spacial score (nSPS) is 24.1. The first-order chi connectivity index (χ1) is 7.72. The van der Waals surface area contributed by atoms with Gasteiger partial charge in [-0.25, -0.2) is 4.39 Å². The van der Waals surface area contributed by atoms with Gasteiger partial charge in [0, 0.05) is 6.04 Å². The number of benzene rings is 1. The fraction of sp³-hybridized carbons (Fsp3) is 0.462. The van der Waals surface area contributed by atoms with E-state index in [1.54, 1.807) is 6.07 Å². The average molecular weight is 218 g/mol. The second-order valence-electron chi connectivity index (χ2n) is 4.35. The molecule has 1 saturated carbocycles. The summed E-state index contributed by atoms with van der Waals surface area (Å²) in [6.07, 6.45) is 2.91. The Kier molecular flexibility index (Phi) is 3.09. The van der Waals surface area contributed by atoms with Crippen molar-refractivity contribution in [2.45, 2.75) is 32.2 Å². The number of para-hydroxylation sites is 1.